The lowest BCUT2D eigenvalue weighted by atomic mass is 10.1. The molecule has 0 atom stereocenters. The van der Waals surface area contributed by atoms with Gasteiger partial charge in [-0.2, -0.15) is 0 Å². The van der Waals surface area contributed by atoms with Crippen molar-refractivity contribution in [2.75, 3.05) is 14.2 Å². The summed E-state index contributed by atoms with van der Waals surface area (Å²) >= 11 is 3.41. The van der Waals surface area contributed by atoms with Crippen LogP contribution in [0.15, 0.2) is 63.1 Å². The quantitative estimate of drug-likeness (QED) is 0.243. The third-order valence-corrected chi connectivity index (χ3v) is 5.65. The molecule has 2 aromatic carbocycles. The Kier molecular flexibility index (Phi) is 7.39. The molecule has 0 saturated carbocycles. The largest absolute Gasteiger partial charge is 0.493 e. The maximum atomic E-state index is 13.2. The number of imide groups is 1. The average molecular weight is 559 g/mol. The molecule has 0 unspecified atom stereocenters. The molecular weight excluding hydrogens is 539 g/mol. The van der Waals surface area contributed by atoms with Crippen molar-refractivity contribution in [3.8, 4) is 11.5 Å². The van der Waals surface area contributed by atoms with Crippen LogP contribution in [0.25, 0.3) is 6.08 Å². The smallest absolute Gasteiger partial charge is 0.373 e. The molecule has 9 nitrogen and oxygen atoms in total. The second-order valence-corrected chi connectivity index (χ2v) is 8.49. The van der Waals surface area contributed by atoms with Crippen molar-refractivity contribution in [3.63, 3.8) is 0 Å². The van der Waals surface area contributed by atoms with E-state index in [0.29, 0.717) is 21.5 Å². The molecule has 1 aliphatic heterocycles. The van der Waals surface area contributed by atoms with Crippen LogP contribution in [0.4, 0.5) is 9.18 Å². The number of rotatable bonds is 8. The van der Waals surface area contributed by atoms with Crippen molar-refractivity contribution >= 4 is 39.9 Å². The zero-order valence-corrected chi connectivity index (χ0v) is 20.8. The van der Waals surface area contributed by atoms with Crippen LogP contribution < -0.4 is 14.8 Å². The summed E-state index contributed by atoms with van der Waals surface area (Å²) in [5, 5.41) is 2.54. The van der Waals surface area contributed by atoms with Gasteiger partial charge in [0.05, 0.1) is 20.8 Å². The van der Waals surface area contributed by atoms with E-state index in [4.69, 9.17) is 13.9 Å². The Morgan fingerprint density at radius 3 is 2.58 bits per heavy atom. The highest BCUT2D eigenvalue weighted by molar-refractivity contribution is 9.10. The summed E-state index contributed by atoms with van der Waals surface area (Å²) in [6.07, 6.45) is 1.47. The molecule has 0 bridgehead atoms. The number of urea groups is 1. The van der Waals surface area contributed by atoms with Crippen LogP contribution in [0.1, 0.15) is 27.4 Å². The third kappa shape index (κ3) is 5.41. The number of furan rings is 1. The van der Waals surface area contributed by atoms with Crippen LogP contribution in [0.5, 0.6) is 11.5 Å². The van der Waals surface area contributed by atoms with Gasteiger partial charge in [-0.1, -0.05) is 28.1 Å². The van der Waals surface area contributed by atoms with Crippen LogP contribution in [-0.4, -0.2) is 37.0 Å². The monoisotopic (exact) mass is 558 g/mol. The molecule has 1 N–H and O–H groups in total. The lowest BCUT2D eigenvalue weighted by Gasteiger charge is -2.15. The Labute approximate surface area is 213 Å². The summed E-state index contributed by atoms with van der Waals surface area (Å²) in [6, 6.07) is 11.5. The first-order valence-electron chi connectivity index (χ1n) is 10.6. The van der Waals surface area contributed by atoms with Gasteiger partial charge >= 0.3 is 12.0 Å². The molecule has 2 heterocycles. The third-order valence-electron chi connectivity index (χ3n) is 5.19. The number of nitrogens with one attached hydrogen (secondary N) is 1. The molecule has 1 saturated heterocycles. The molecule has 1 aliphatic rings. The number of halogens is 2. The maximum absolute atomic E-state index is 13.2. The van der Waals surface area contributed by atoms with E-state index >= 15 is 0 Å². The first kappa shape index (κ1) is 25.0. The second-order valence-electron chi connectivity index (χ2n) is 7.58. The summed E-state index contributed by atoms with van der Waals surface area (Å²) in [4.78, 5) is 38.1. The van der Waals surface area contributed by atoms with Gasteiger partial charge in [0.15, 0.2) is 11.5 Å². The van der Waals surface area contributed by atoms with Crippen molar-refractivity contribution in [1.82, 2.24) is 10.2 Å². The number of esters is 1. The Bertz CT molecular complexity index is 1350. The zero-order valence-electron chi connectivity index (χ0n) is 19.2. The number of amides is 3. The summed E-state index contributed by atoms with van der Waals surface area (Å²) < 4.78 is 35.2. The SMILES string of the molecule is COC(=O)c1ccc(CN2C(=O)N/C(=C/c3cc(Br)cc(OC)c3OCc3ccc(F)cc3)C2=O)o1. The van der Waals surface area contributed by atoms with Crippen LogP contribution in [0.2, 0.25) is 0 Å². The molecule has 1 fully saturated rings. The highest BCUT2D eigenvalue weighted by Gasteiger charge is 2.34. The van der Waals surface area contributed by atoms with Crippen molar-refractivity contribution in [2.24, 2.45) is 0 Å². The number of nitrogens with zero attached hydrogens (tertiary/aromatic N) is 1. The average Bonchev–Trinajstić information content (AvgIpc) is 3.44. The van der Waals surface area contributed by atoms with Crippen LogP contribution in [-0.2, 0) is 22.7 Å². The van der Waals surface area contributed by atoms with Crippen LogP contribution >= 0.6 is 15.9 Å². The van der Waals surface area contributed by atoms with Crippen molar-refractivity contribution < 1.29 is 37.4 Å². The van der Waals surface area contributed by atoms with Gasteiger partial charge in [0, 0.05) is 10.0 Å². The second kappa shape index (κ2) is 10.6. The van der Waals surface area contributed by atoms with Gasteiger partial charge in [0.2, 0.25) is 5.76 Å². The van der Waals surface area contributed by atoms with E-state index in [1.807, 2.05) is 0 Å². The molecule has 4 rings (SSSR count). The van der Waals surface area contributed by atoms with Gasteiger partial charge in [-0.15, -0.1) is 0 Å². The maximum Gasteiger partial charge on any atom is 0.373 e. The Hall–Kier alpha value is -4.12. The molecule has 11 heteroatoms. The zero-order chi connectivity index (χ0) is 25.8. The highest BCUT2D eigenvalue weighted by atomic mass is 79.9. The van der Waals surface area contributed by atoms with E-state index in [-0.39, 0.29) is 36.2 Å². The fraction of sp³-hybridized carbons (Fsp3) is 0.160. The number of hydrogen-bond acceptors (Lipinski definition) is 7. The molecule has 0 spiro atoms. The van der Waals surface area contributed by atoms with Gasteiger partial charge in [-0.3, -0.25) is 9.69 Å². The fourth-order valence-electron chi connectivity index (χ4n) is 3.44. The summed E-state index contributed by atoms with van der Waals surface area (Å²) in [7, 11) is 2.69. The lowest BCUT2D eigenvalue weighted by Crippen LogP contribution is -2.30. The van der Waals surface area contributed by atoms with E-state index in [2.05, 4.69) is 26.0 Å². The standard InChI is InChI=1S/C25H20BrFN2O7/c1-33-21-11-16(26)9-15(22(21)35-13-14-3-5-17(27)6-4-14)10-19-23(30)29(25(32)28-19)12-18-7-8-20(36-18)24(31)34-2/h3-11H,12-13H2,1-2H3,(H,28,32)/b19-10+. The predicted molar refractivity (Wildman–Crippen MR) is 129 cm³/mol. The molecule has 3 amide bonds. The highest BCUT2D eigenvalue weighted by Crippen LogP contribution is 2.37. The minimum atomic E-state index is -0.671. The van der Waals surface area contributed by atoms with E-state index in [9.17, 15) is 18.8 Å². The van der Waals surface area contributed by atoms with Crippen molar-refractivity contribution in [3.05, 3.63) is 87.2 Å². The van der Waals surface area contributed by atoms with E-state index in [1.54, 1.807) is 24.3 Å². The van der Waals surface area contributed by atoms with E-state index in [1.165, 1.54) is 44.6 Å². The summed E-state index contributed by atoms with van der Waals surface area (Å²) in [6.45, 7) is -0.0728. The summed E-state index contributed by atoms with van der Waals surface area (Å²) in [5.74, 6) is -0.728. The Balaban J connectivity index is 1.59. The topological polar surface area (TPSA) is 107 Å². The first-order valence-corrected chi connectivity index (χ1v) is 11.3. The minimum Gasteiger partial charge on any atom is -0.493 e. The Morgan fingerprint density at radius 2 is 1.89 bits per heavy atom. The molecule has 36 heavy (non-hydrogen) atoms. The van der Waals surface area contributed by atoms with Crippen molar-refractivity contribution in [1.29, 1.82) is 0 Å². The lowest BCUT2D eigenvalue weighted by molar-refractivity contribution is -0.123. The van der Waals surface area contributed by atoms with Crippen molar-refractivity contribution in [2.45, 2.75) is 13.2 Å². The van der Waals surface area contributed by atoms with Crippen LogP contribution in [0, 0.1) is 5.82 Å². The molecule has 1 aromatic heterocycles. The number of carbonyl (C=O) groups is 3. The Morgan fingerprint density at radius 1 is 1.14 bits per heavy atom. The number of methoxy groups -OCH3 is 2. The number of hydrogen-bond donors (Lipinski definition) is 1. The van der Waals surface area contributed by atoms with Gasteiger partial charge in [0.1, 0.15) is 23.9 Å². The molecule has 0 radical (unpaired) electrons. The molecule has 3 aromatic rings. The number of carbonyl (C=O) groups excluding carboxylic acids is 3. The molecule has 0 aliphatic carbocycles. The number of benzene rings is 2. The fourth-order valence-corrected chi connectivity index (χ4v) is 3.89. The normalized spacial score (nSPS) is 14.2. The van der Waals surface area contributed by atoms with Gasteiger partial charge in [0.25, 0.3) is 5.91 Å². The molecular formula is C25H20BrFN2O7. The minimum absolute atomic E-state index is 0.00605. The van der Waals surface area contributed by atoms with E-state index in [0.717, 1.165) is 10.5 Å². The van der Waals surface area contributed by atoms with Gasteiger partial charge < -0.3 is 23.9 Å². The van der Waals surface area contributed by atoms with Crippen LogP contribution in [0.3, 0.4) is 0 Å². The molecule has 186 valence electrons. The predicted octanol–water partition coefficient (Wildman–Crippen LogP) is 4.65. The number of ether oxygens (including phenoxy) is 3. The van der Waals surface area contributed by atoms with Gasteiger partial charge in [-0.05, 0) is 48.0 Å². The summed E-state index contributed by atoms with van der Waals surface area (Å²) in [5.41, 5.74) is 1.19. The first-order chi connectivity index (χ1) is 17.3. The van der Waals surface area contributed by atoms with E-state index < -0.39 is 17.9 Å². The van der Waals surface area contributed by atoms with Gasteiger partial charge in [-0.25, -0.2) is 14.0 Å².